The van der Waals surface area contributed by atoms with Crippen LogP contribution in [0.5, 0.6) is 0 Å². The Morgan fingerprint density at radius 2 is 1.78 bits per heavy atom. The van der Waals surface area contributed by atoms with Crippen molar-refractivity contribution in [3.63, 3.8) is 0 Å². The van der Waals surface area contributed by atoms with E-state index in [-0.39, 0.29) is 5.92 Å². The van der Waals surface area contributed by atoms with Gasteiger partial charge in [0.15, 0.2) is 0 Å². The first-order valence-electron chi connectivity index (χ1n) is 6.01. The zero-order valence-electron chi connectivity index (χ0n) is 12.1. The van der Waals surface area contributed by atoms with Gasteiger partial charge in [-0.1, -0.05) is 26.0 Å². The molecule has 0 aliphatic carbocycles. The summed E-state index contributed by atoms with van der Waals surface area (Å²) < 4.78 is 0. The van der Waals surface area contributed by atoms with Crippen LogP contribution in [-0.2, 0) is 0 Å². The van der Waals surface area contributed by atoms with Gasteiger partial charge in [-0.05, 0) is 33.6 Å². The fourth-order valence-electron chi connectivity index (χ4n) is 0.326. The van der Waals surface area contributed by atoms with Crippen molar-refractivity contribution in [3.05, 3.63) is 23.8 Å². The first kappa shape index (κ1) is 21.3. The summed E-state index contributed by atoms with van der Waals surface area (Å²) in [6, 6.07) is 5.98. The van der Waals surface area contributed by atoms with E-state index < -0.39 is 0 Å². The van der Waals surface area contributed by atoms with Crippen molar-refractivity contribution in [2.75, 3.05) is 0 Å². The van der Waals surface area contributed by atoms with Gasteiger partial charge in [-0.3, -0.25) is 0 Å². The lowest BCUT2D eigenvalue weighted by atomic mass is 10.2. The van der Waals surface area contributed by atoms with Crippen LogP contribution in [-0.4, -0.2) is 0 Å². The third kappa shape index (κ3) is 29.2. The van der Waals surface area contributed by atoms with E-state index >= 15 is 0 Å². The Balaban J connectivity index is -0.000000187. The molecule has 0 fully saturated rings. The van der Waals surface area contributed by atoms with Crippen molar-refractivity contribution in [1.29, 1.82) is 15.8 Å². The Kier molecular flexibility index (Phi) is 24.1. The molecule has 0 spiro atoms. The summed E-state index contributed by atoms with van der Waals surface area (Å²) >= 11 is 0. The Morgan fingerprint density at radius 1 is 1.22 bits per heavy atom. The highest BCUT2D eigenvalue weighted by Gasteiger charge is 1.88. The van der Waals surface area contributed by atoms with Crippen molar-refractivity contribution >= 4 is 0 Å². The van der Waals surface area contributed by atoms with Crippen molar-refractivity contribution in [2.24, 2.45) is 5.92 Å². The SMILES string of the molecule is CC/C=C\C#N.CC=C(C)C#N.CCC(C)C#N. The summed E-state index contributed by atoms with van der Waals surface area (Å²) in [5.41, 5.74) is 0.773. The number of allylic oxidation sites excluding steroid dienone is 4. The predicted molar refractivity (Wildman–Crippen MR) is 75.2 cm³/mol. The average Bonchev–Trinajstić information content (AvgIpc) is 2.44. The molecule has 0 amide bonds. The standard InChI is InChI=1S/C5H9N.2C5H7N/c2*1-3-5(2)4-6;1-2-3-4-5-6/h5H,3H2,1-2H3;3H,1-2H3;3-4H,2H2,1H3/b;;4-3-. The summed E-state index contributed by atoms with van der Waals surface area (Å²) in [5.74, 6) is 0.241. The Morgan fingerprint density at radius 3 is 1.83 bits per heavy atom. The molecule has 18 heavy (non-hydrogen) atoms. The minimum Gasteiger partial charge on any atom is -0.198 e. The van der Waals surface area contributed by atoms with Gasteiger partial charge in [0, 0.05) is 17.6 Å². The molecule has 3 heteroatoms. The number of nitrogens with zero attached hydrogens (tertiary/aromatic N) is 3. The van der Waals surface area contributed by atoms with Crippen molar-refractivity contribution < 1.29 is 0 Å². The van der Waals surface area contributed by atoms with Crippen LogP contribution in [0, 0.1) is 39.9 Å². The smallest absolute Gasteiger partial charge is 0.0940 e. The lowest BCUT2D eigenvalue weighted by Crippen LogP contribution is -1.81. The van der Waals surface area contributed by atoms with E-state index in [9.17, 15) is 0 Å². The van der Waals surface area contributed by atoms with E-state index in [1.54, 1.807) is 13.0 Å². The fourth-order valence-corrected chi connectivity index (χ4v) is 0.326. The molecule has 0 heterocycles. The molecule has 1 atom stereocenters. The van der Waals surface area contributed by atoms with Gasteiger partial charge in [0.05, 0.1) is 18.2 Å². The van der Waals surface area contributed by atoms with Gasteiger partial charge in [0.25, 0.3) is 0 Å². The normalized spacial score (nSPS) is 10.7. The minimum atomic E-state index is 0.241. The molecule has 0 aliphatic heterocycles. The maximum atomic E-state index is 8.08. The third-order valence-electron chi connectivity index (χ3n) is 1.87. The van der Waals surface area contributed by atoms with Crippen molar-refractivity contribution in [3.8, 4) is 18.2 Å². The highest BCUT2D eigenvalue weighted by molar-refractivity contribution is 5.15. The molecule has 0 rings (SSSR count). The molecular formula is C15H23N3. The monoisotopic (exact) mass is 245 g/mol. The molecule has 0 N–H and O–H groups in total. The first-order chi connectivity index (χ1) is 8.53. The van der Waals surface area contributed by atoms with Crippen molar-refractivity contribution in [1.82, 2.24) is 0 Å². The zero-order valence-corrected chi connectivity index (χ0v) is 12.1. The van der Waals surface area contributed by atoms with Gasteiger partial charge in [0.2, 0.25) is 0 Å². The first-order valence-corrected chi connectivity index (χ1v) is 6.01. The maximum absolute atomic E-state index is 8.08. The Bertz CT molecular complexity index is 345. The van der Waals surface area contributed by atoms with Gasteiger partial charge in [0.1, 0.15) is 0 Å². The summed E-state index contributed by atoms with van der Waals surface area (Å²) in [4.78, 5) is 0. The van der Waals surface area contributed by atoms with Crippen LogP contribution < -0.4 is 0 Å². The van der Waals surface area contributed by atoms with Gasteiger partial charge in [-0.15, -0.1) is 0 Å². The molecular weight excluding hydrogens is 222 g/mol. The molecule has 3 nitrogen and oxygen atoms in total. The second kappa shape index (κ2) is 20.4. The Labute approximate surface area is 112 Å². The highest BCUT2D eigenvalue weighted by Crippen LogP contribution is 1.94. The van der Waals surface area contributed by atoms with Crippen LogP contribution >= 0.6 is 0 Å². The largest absolute Gasteiger partial charge is 0.198 e. The Hall–Kier alpha value is -2.05. The van der Waals surface area contributed by atoms with Gasteiger partial charge in [-0.2, -0.15) is 15.8 Å². The predicted octanol–water partition coefficient (Wildman–Crippen LogP) is 4.51. The summed E-state index contributed by atoms with van der Waals surface area (Å²) in [6.45, 7) is 9.54. The van der Waals surface area contributed by atoms with Gasteiger partial charge < -0.3 is 0 Å². The molecule has 1 unspecified atom stereocenters. The quantitative estimate of drug-likeness (QED) is 0.672. The molecule has 0 aliphatic rings. The summed E-state index contributed by atoms with van der Waals surface area (Å²) in [6.07, 6.45) is 7.00. The van der Waals surface area contributed by atoms with Crippen LogP contribution in [0.15, 0.2) is 23.8 Å². The minimum absolute atomic E-state index is 0.241. The van der Waals surface area contributed by atoms with E-state index in [0.717, 1.165) is 18.4 Å². The van der Waals surface area contributed by atoms with E-state index in [4.69, 9.17) is 15.8 Å². The second-order valence-corrected chi connectivity index (χ2v) is 3.46. The zero-order chi connectivity index (χ0) is 14.8. The van der Waals surface area contributed by atoms with Gasteiger partial charge >= 0.3 is 0 Å². The second-order valence-electron chi connectivity index (χ2n) is 3.46. The molecule has 0 aromatic rings. The number of rotatable bonds is 2. The van der Waals surface area contributed by atoms with Crippen LogP contribution in [0.4, 0.5) is 0 Å². The number of nitriles is 3. The van der Waals surface area contributed by atoms with E-state index in [2.05, 4.69) is 6.07 Å². The summed E-state index contributed by atoms with van der Waals surface area (Å²) in [7, 11) is 0. The van der Waals surface area contributed by atoms with Crippen molar-refractivity contribution in [2.45, 2.75) is 47.5 Å². The van der Waals surface area contributed by atoms with Crippen LogP contribution in [0.25, 0.3) is 0 Å². The van der Waals surface area contributed by atoms with Crippen LogP contribution in [0.2, 0.25) is 0 Å². The third-order valence-corrected chi connectivity index (χ3v) is 1.87. The van der Waals surface area contributed by atoms with E-state index in [0.29, 0.717) is 0 Å². The average molecular weight is 245 g/mol. The molecule has 0 saturated carbocycles. The molecule has 0 bridgehead atoms. The topological polar surface area (TPSA) is 71.4 Å². The van der Waals surface area contributed by atoms with E-state index in [1.807, 2.05) is 45.9 Å². The van der Waals surface area contributed by atoms with Crippen LogP contribution in [0.1, 0.15) is 47.5 Å². The lowest BCUT2D eigenvalue weighted by Gasteiger charge is -1.87. The number of hydrogen-bond donors (Lipinski definition) is 0. The fraction of sp³-hybridized carbons (Fsp3) is 0.533. The number of hydrogen-bond acceptors (Lipinski definition) is 3. The van der Waals surface area contributed by atoms with E-state index in [1.165, 1.54) is 6.08 Å². The van der Waals surface area contributed by atoms with Crippen LogP contribution in [0.3, 0.4) is 0 Å². The molecule has 0 aromatic heterocycles. The van der Waals surface area contributed by atoms with Gasteiger partial charge in [-0.25, -0.2) is 0 Å². The summed E-state index contributed by atoms with van der Waals surface area (Å²) in [5, 5.41) is 24.0. The lowest BCUT2D eigenvalue weighted by molar-refractivity contribution is 0.713. The molecule has 0 aromatic carbocycles. The highest BCUT2D eigenvalue weighted by atomic mass is 14.2. The molecule has 0 radical (unpaired) electrons. The maximum Gasteiger partial charge on any atom is 0.0940 e. The molecule has 98 valence electrons. The molecule has 0 saturated heterocycles.